The van der Waals surface area contributed by atoms with E-state index in [2.05, 4.69) is 20.9 Å². The Kier molecular flexibility index (Phi) is 11.4. The monoisotopic (exact) mass is 535 g/mol. The number of nitrogens with one attached hydrogen (secondary N) is 4. The number of carbonyl (C=O) groups is 4. The van der Waals surface area contributed by atoms with Gasteiger partial charge >= 0.3 is 5.97 Å². The maximum absolute atomic E-state index is 13.1. The zero-order chi connectivity index (χ0) is 27.7. The van der Waals surface area contributed by atoms with Crippen molar-refractivity contribution in [2.45, 2.75) is 63.9 Å². The average molecular weight is 536 g/mol. The molecule has 5 atom stereocenters. The number of aromatic nitrogens is 1. The van der Waals surface area contributed by atoms with Crippen molar-refractivity contribution in [3.63, 3.8) is 0 Å². The molecular formula is C25H37N5O6S. The highest BCUT2D eigenvalue weighted by Crippen LogP contribution is 2.19. The van der Waals surface area contributed by atoms with E-state index in [0.717, 1.165) is 16.5 Å². The first kappa shape index (κ1) is 30.1. The Morgan fingerprint density at radius 3 is 2.24 bits per heavy atom. The van der Waals surface area contributed by atoms with Gasteiger partial charge in [-0.25, -0.2) is 4.79 Å². The van der Waals surface area contributed by atoms with E-state index in [1.165, 1.54) is 18.7 Å². The molecule has 0 aliphatic carbocycles. The summed E-state index contributed by atoms with van der Waals surface area (Å²) in [6.45, 7) is 4.63. The second-order valence-corrected chi connectivity index (χ2v) is 10.3. The van der Waals surface area contributed by atoms with Gasteiger partial charge in [-0.1, -0.05) is 32.0 Å². The molecule has 3 amide bonds. The fraction of sp³-hybridized carbons (Fsp3) is 0.520. The number of H-pyrrole nitrogens is 1. The molecule has 12 heteroatoms. The molecule has 2 rings (SSSR count). The van der Waals surface area contributed by atoms with Crippen LogP contribution in [0, 0.1) is 5.92 Å². The lowest BCUT2D eigenvalue weighted by molar-refractivity contribution is -0.145. The Labute approximate surface area is 220 Å². The Balaban J connectivity index is 2.10. The van der Waals surface area contributed by atoms with Crippen LogP contribution in [0.25, 0.3) is 10.9 Å². The summed E-state index contributed by atoms with van der Waals surface area (Å²) in [5.41, 5.74) is 7.99. The first-order chi connectivity index (χ1) is 17.5. The van der Waals surface area contributed by atoms with Gasteiger partial charge < -0.3 is 36.9 Å². The highest BCUT2D eigenvalue weighted by Gasteiger charge is 2.33. The van der Waals surface area contributed by atoms with Crippen LogP contribution in [-0.4, -0.2) is 81.2 Å². The molecule has 0 saturated heterocycles. The van der Waals surface area contributed by atoms with E-state index in [4.69, 9.17) is 5.73 Å². The molecule has 0 fully saturated rings. The number of nitrogens with two attached hydrogens (primary N) is 1. The van der Waals surface area contributed by atoms with Gasteiger partial charge in [-0.3, -0.25) is 14.4 Å². The molecule has 2 aromatic rings. The number of thioether (sulfide) groups is 1. The zero-order valence-corrected chi connectivity index (χ0v) is 22.3. The molecule has 0 aliphatic rings. The zero-order valence-electron chi connectivity index (χ0n) is 21.5. The van der Waals surface area contributed by atoms with E-state index in [0.29, 0.717) is 12.2 Å². The SMILES string of the molecule is CSCCC(NC(=O)C(N)Cc1c[nH]c2ccccc12)C(=O)NC(C(=O)NC(C(=O)O)C(C)O)C(C)C. The molecule has 8 N–H and O–H groups in total. The van der Waals surface area contributed by atoms with Gasteiger partial charge in [-0.2, -0.15) is 11.8 Å². The number of amides is 3. The summed E-state index contributed by atoms with van der Waals surface area (Å²) in [5.74, 6) is -3.06. The van der Waals surface area contributed by atoms with Crippen molar-refractivity contribution >= 4 is 46.4 Å². The number of carbonyl (C=O) groups excluding carboxylic acids is 3. The number of fused-ring (bicyclic) bond motifs is 1. The molecule has 204 valence electrons. The van der Waals surface area contributed by atoms with Crippen LogP contribution in [-0.2, 0) is 25.6 Å². The van der Waals surface area contributed by atoms with Gasteiger partial charge in [0, 0.05) is 17.1 Å². The largest absolute Gasteiger partial charge is 0.480 e. The number of aliphatic hydroxyl groups excluding tert-OH is 1. The number of benzene rings is 1. The second kappa shape index (κ2) is 14.0. The molecule has 1 aromatic carbocycles. The summed E-state index contributed by atoms with van der Waals surface area (Å²) in [5, 5.41) is 27.5. The number of para-hydroxylation sites is 1. The predicted molar refractivity (Wildman–Crippen MR) is 143 cm³/mol. The van der Waals surface area contributed by atoms with Gasteiger partial charge in [0.25, 0.3) is 0 Å². The van der Waals surface area contributed by atoms with Gasteiger partial charge in [-0.05, 0) is 49.3 Å². The predicted octanol–water partition coefficient (Wildman–Crippen LogP) is 0.367. The first-order valence-corrected chi connectivity index (χ1v) is 13.5. The van der Waals surface area contributed by atoms with Gasteiger partial charge in [0.05, 0.1) is 12.1 Å². The van der Waals surface area contributed by atoms with Crippen LogP contribution in [0.1, 0.15) is 32.8 Å². The fourth-order valence-corrected chi connectivity index (χ4v) is 4.31. The molecule has 0 bridgehead atoms. The molecule has 1 aromatic heterocycles. The van der Waals surface area contributed by atoms with Crippen molar-refractivity contribution in [1.82, 2.24) is 20.9 Å². The molecule has 11 nitrogen and oxygen atoms in total. The minimum atomic E-state index is -1.53. The Morgan fingerprint density at radius 1 is 1.00 bits per heavy atom. The summed E-state index contributed by atoms with van der Waals surface area (Å²) in [4.78, 5) is 53.4. The summed E-state index contributed by atoms with van der Waals surface area (Å²) in [6, 6.07) is 3.20. The maximum atomic E-state index is 13.1. The molecule has 0 aliphatic heterocycles. The van der Waals surface area contributed by atoms with Gasteiger partial charge in [0.2, 0.25) is 17.7 Å². The molecule has 1 heterocycles. The molecule has 0 spiro atoms. The highest BCUT2D eigenvalue weighted by atomic mass is 32.2. The molecule has 5 unspecified atom stereocenters. The van der Waals surface area contributed by atoms with Crippen LogP contribution in [0.15, 0.2) is 30.5 Å². The van der Waals surface area contributed by atoms with E-state index in [9.17, 15) is 29.4 Å². The number of carboxylic acid groups (broad SMARTS) is 1. The summed E-state index contributed by atoms with van der Waals surface area (Å²) >= 11 is 1.50. The Morgan fingerprint density at radius 2 is 1.65 bits per heavy atom. The molecular weight excluding hydrogens is 498 g/mol. The Bertz CT molecular complexity index is 1090. The normalized spacial score (nSPS) is 15.4. The number of aliphatic carboxylic acids is 1. The third-order valence-electron chi connectivity index (χ3n) is 5.99. The van der Waals surface area contributed by atoms with Crippen molar-refractivity contribution < 1.29 is 29.4 Å². The minimum absolute atomic E-state index is 0.264. The van der Waals surface area contributed by atoms with Crippen LogP contribution in [0.2, 0.25) is 0 Å². The smallest absolute Gasteiger partial charge is 0.328 e. The number of hydrogen-bond acceptors (Lipinski definition) is 7. The van der Waals surface area contributed by atoms with Crippen molar-refractivity contribution in [2.75, 3.05) is 12.0 Å². The summed E-state index contributed by atoms with van der Waals surface area (Å²) in [7, 11) is 0. The fourth-order valence-electron chi connectivity index (χ4n) is 3.83. The standard InChI is InChI=1S/C25H37N5O6S/c1-13(2)20(24(34)30-21(14(3)31)25(35)36)29-23(33)19(9-10-37-4)28-22(32)17(26)11-15-12-27-18-8-6-5-7-16(15)18/h5-8,12-14,17,19-21,27,31H,9-11,26H2,1-4H3,(H,28,32)(H,29,33)(H,30,34)(H,35,36). The van der Waals surface area contributed by atoms with Gasteiger partial charge in [-0.15, -0.1) is 0 Å². The number of carboxylic acids is 1. The van der Waals surface area contributed by atoms with E-state index in [-0.39, 0.29) is 6.42 Å². The first-order valence-electron chi connectivity index (χ1n) is 12.1. The van der Waals surface area contributed by atoms with Crippen LogP contribution < -0.4 is 21.7 Å². The van der Waals surface area contributed by atoms with Crippen molar-refractivity contribution in [3.8, 4) is 0 Å². The van der Waals surface area contributed by atoms with Gasteiger partial charge in [0.1, 0.15) is 12.1 Å². The quantitative estimate of drug-likeness (QED) is 0.181. The number of rotatable bonds is 14. The topological polar surface area (TPSA) is 187 Å². The summed E-state index contributed by atoms with van der Waals surface area (Å²) < 4.78 is 0. The van der Waals surface area contributed by atoms with Crippen molar-refractivity contribution in [3.05, 3.63) is 36.0 Å². The van der Waals surface area contributed by atoms with E-state index < -0.39 is 59.9 Å². The Hall–Kier alpha value is -3.09. The maximum Gasteiger partial charge on any atom is 0.328 e. The lowest BCUT2D eigenvalue weighted by Gasteiger charge is -2.27. The number of hydrogen-bond donors (Lipinski definition) is 7. The highest BCUT2D eigenvalue weighted by molar-refractivity contribution is 7.98. The van der Waals surface area contributed by atoms with Crippen molar-refractivity contribution in [2.24, 2.45) is 11.7 Å². The molecule has 0 saturated carbocycles. The summed E-state index contributed by atoms with van der Waals surface area (Å²) in [6.07, 6.45) is 2.90. The number of aliphatic hydroxyl groups is 1. The van der Waals surface area contributed by atoms with E-state index in [1.807, 2.05) is 30.5 Å². The molecule has 0 radical (unpaired) electrons. The second-order valence-electron chi connectivity index (χ2n) is 9.31. The average Bonchev–Trinajstić information content (AvgIpc) is 3.25. The van der Waals surface area contributed by atoms with Crippen LogP contribution in [0.3, 0.4) is 0 Å². The van der Waals surface area contributed by atoms with Crippen molar-refractivity contribution in [1.29, 1.82) is 0 Å². The van der Waals surface area contributed by atoms with Crippen LogP contribution in [0.4, 0.5) is 0 Å². The lowest BCUT2D eigenvalue weighted by Crippen LogP contribution is -2.59. The van der Waals surface area contributed by atoms with Crippen LogP contribution >= 0.6 is 11.8 Å². The van der Waals surface area contributed by atoms with E-state index in [1.54, 1.807) is 20.0 Å². The van der Waals surface area contributed by atoms with Gasteiger partial charge in [0.15, 0.2) is 6.04 Å². The minimum Gasteiger partial charge on any atom is -0.480 e. The van der Waals surface area contributed by atoms with Crippen LogP contribution in [0.5, 0.6) is 0 Å². The third kappa shape index (κ3) is 8.48. The van der Waals surface area contributed by atoms with E-state index >= 15 is 0 Å². The lowest BCUT2D eigenvalue weighted by atomic mass is 10.0. The third-order valence-corrected chi connectivity index (χ3v) is 6.63. The number of aromatic amines is 1. The molecule has 37 heavy (non-hydrogen) atoms.